The van der Waals surface area contributed by atoms with E-state index in [9.17, 15) is 18.0 Å². The maximum atomic E-state index is 12.1. The molecule has 0 saturated carbocycles. The summed E-state index contributed by atoms with van der Waals surface area (Å²) in [6.07, 6.45) is 4.23. The summed E-state index contributed by atoms with van der Waals surface area (Å²) in [5, 5.41) is 19.8. The van der Waals surface area contributed by atoms with Gasteiger partial charge in [-0.05, 0) is 49.5 Å². The molecule has 0 spiro atoms. The van der Waals surface area contributed by atoms with Crippen LogP contribution in [-0.2, 0) is 14.6 Å². The topological polar surface area (TPSA) is 136 Å². The number of carbonyl (C=O) groups is 2. The number of hydrogen-bond acceptors (Lipinski definition) is 6. The number of sulfone groups is 1. The number of amides is 2. The van der Waals surface area contributed by atoms with E-state index >= 15 is 0 Å². The Hall–Kier alpha value is -2.87. The zero-order chi connectivity index (χ0) is 24.5. The zero-order valence-electron chi connectivity index (χ0n) is 18.9. The van der Waals surface area contributed by atoms with Crippen LogP contribution < -0.4 is 10.8 Å². The van der Waals surface area contributed by atoms with Crippen molar-refractivity contribution in [3.8, 4) is 11.8 Å². The summed E-state index contributed by atoms with van der Waals surface area (Å²) in [6.45, 7) is 3.50. The molecule has 1 aromatic carbocycles. The Labute approximate surface area is 194 Å². The van der Waals surface area contributed by atoms with Crippen LogP contribution in [0.4, 0.5) is 4.79 Å². The number of nitrogens with one attached hydrogen (secondary N) is 2. The Morgan fingerprint density at radius 2 is 1.94 bits per heavy atom. The average molecular weight is 478 g/mol. The van der Waals surface area contributed by atoms with E-state index in [4.69, 9.17) is 10.3 Å². The van der Waals surface area contributed by atoms with Crippen LogP contribution >= 0.6 is 0 Å². The molecule has 0 aliphatic carbocycles. The summed E-state index contributed by atoms with van der Waals surface area (Å²) in [5.74, 6) is 5.19. The van der Waals surface area contributed by atoms with Gasteiger partial charge in [0.05, 0.1) is 0 Å². The highest BCUT2D eigenvalue weighted by Gasteiger charge is 2.43. The third-order valence-electron chi connectivity index (χ3n) is 5.84. The highest BCUT2D eigenvalue weighted by atomic mass is 32.2. The van der Waals surface area contributed by atoms with E-state index < -0.39 is 26.6 Å². The third kappa shape index (κ3) is 7.60. The zero-order valence-corrected chi connectivity index (χ0v) is 19.7. The van der Waals surface area contributed by atoms with Crippen molar-refractivity contribution in [3.05, 3.63) is 41.5 Å². The van der Waals surface area contributed by atoms with E-state index in [1.54, 1.807) is 0 Å². The van der Waals surface area contributed by atoms with E-state index in [0.29, 0.717) is 32.5 Å². The third-order valence-corrected chi connectivity index (χ3v) is 7.87. The quantitative estimate of drug-likeness (QED) is 0.184. The Bertz CT molecular complexity index is 1040. The minimum atomic E-state index is -3.70. The number of nitrogens with zero attached hydrogens (tertiary/aromatic N) is 1. The van der Waals surface area contributed by atoms with Gasteiger partial charge in [-0.2, -0.15) is 0 Å². The maximum absolute atomic E-state index is 12.1. The van der Waals surface area contributed by atoms with Crippen molar-refractivity contribution in [1.82, 2.24) is 15.7 Å². The summed E-state index contributed by atoms with van der Waals surface area (Å²) in [7, 11) is -3.70. The van der Waals surface area contributed by atoms with Crippen molar-refractivity contribution in [1.29, 1.82) is 0 Å². The first-order valence-electron chi connectivity index (χ1n) is 10.7. The van der Waals surface area contributed by atoms with Crippen LogP contribution in [0.5, 0.6) is 0 Å². The van der Waals surface area contributed by atoms with Gasteiger partial charge in [-0.1, -0.05) is 30.0 Å². The number of carbonyl (C=O) groups excluding carboxylic acids is 1. The lowest BCUT2D eigenvalue weighted by Crippen LogP contribution is -2.51. The molecule has 0 fully saturated rings. The molecule has 1 atom stereocenters. The molecule has 9 nitrogen and oxygen atoms in total. The second kappa shape index (κ2) is 11.8. The van der Waals surface area contributed by atoms with Crippen LogP contribution in [0, 0.1) is 11.8 Å². The first-order valence-corrected chi connectivity index (χ1v) is 12.6. The van der Waals surface area contributed by atoms with E-state index in [1.807, 2.05) is 24.3 Å². The second-order valence-corrected chi connectivity index (χ2v) is 10.6. The summed E-state index contributed by atoms with van der Waals surface area (Å²) >= 11 is 0. The van der Waals surface area contributed by atoms with Gasteiger partial charge in [0.1, 0.15) is 0 Å². The average Bonchev–Trinajstić information content (AvgIpc) is 2.79. The van der Waals surface area contributed by atoms with Crippen molar-refractivity contribution in [2.24, 2.45) is 0 Å². The smallest absolute Gasteiger partial charge is 0.404 e. The molecule has 0 aromatic heterocycles. The largest absolute Gasteiger partial charge is 0.465 e. The van der Waals surface area contributed by atoms with Gasteiger partial charge < -0.3 is 10.4 Å². The number of hydroxylamine groups is 1. The number of unbranched alkanes of at least 4 members (excludes halogenated alkanes) is 1. The van der Waals surface area contributed by atoms with Gasteiger partial charge in [0.25, 0.3) is 5.91 Å². The molecule has 2 amide bonds. The monoisotopic (exact) mass is 477 g/mol. The fourth-order valence-corrected chi connectivity index (χ4v) is 4.28. The van der Waals surface area contributed by atoms with Crippen molar-refractivity contribution in [2.75, 3.05) is 32.4 Å². The Balaban J connectivity index is 1.89. The highest BCUT2D eigenvalue weighted by Crippen LogP contribution is 2.25. The van der Waals surface area contributed by atoms with E-state index in [1.165, 1.54) is 18.0 Å². The van der Waals surface area contributed by atoms with Gasteiger partial charge in [-0.15, -0.1) is 0 Å². The molecule has 1 unspecified atom stereocenters. The van der Waals surface area contributed by atoms with Gasteiger partial charge in [-0.3, -0.25) is 14.9 Å². The molecule has 2 rings (SSSR count). The lowest BCUT2D eigenvalue weighted by Gasteiger charge is -2.31. The Kier molecular flexibility index (Phi) is 9.46. The summed E-state index contributed by atoms with van der Waals surface area (Å²) < 4.78 is 22.5. The molecular formula is C23H31N3O6S. The van der Waals surface area contributed by atoms with Crippen molar-refractivity contribution in [2.45, 2.75) is 37.4 Å². The lowest BCUT2D eigenvalue weighted by molar-refractivity contribution is -0.131. The minimum absolute atomic E-state index is 0.0845. The second-order valence-electron chi connectivity index (χ2n) is 8.19. The van der Waals surface area contributed by atoms with Crippen LogP contribution in [0.2, 0.25) is 0 Å². The molecule has 0 saturated heterocycles. The normalized spacial score (nSPS) is 16.0. The molecule has 1 aliphatic heterocycles. The van der Waals surface area contributed by atoms with Crippen LogP contribution in [0.25, 0.3) is 5.57 Å². The minimum Gasteiger partial charge on any atom is -0.465 e. The predicted molar refractivity (Wildman–Crippen MR) is 125 cm³/mol. The summed E-state index contributed by atoms with van der Waals surface area (Å²) in [4.78, 5) is 24.4. The highest BCUT2D eigenvalue weighted by molar-refractivity contribution is 7.92. The standard InChI is InChI=1S/C23H31N3O6S/c1-23(21(27)25-30,33(2,31)32)13-17-26-15-11-20(12-16-26)19-9-7-18(8-10-19)6-4-3-5-14-24-22(28)29/h7-11,24,30H,3,5,12-17H2,1-2H3,(H,25,27)(H,28,29). The van der Waals surface area contributed by atoms with Crippen molar-refractivity contribution < 1.29 is 28.3 Å². The van der Waals surface area contributed by atoms with Gasteiger partial charge in [0.15, 0.2) is 14.6 Å². The van der Waals surface area contributed by atoms with Crippen molar-refractivity contribution >= 4 is 27.4 Å². The molecule has 33 heavy (non-hydrogen) atoms. The number of carboxylic acid groups (broad SMARTS) is 1. The molecule has 1 aromatic rings. The van der Waals surface area contributed by atoms with Gasteiger partial charge in [-0.25, -0.2) is 18.7 Å². The van der Waals surface area contributed by atoms with Crippen LogP contribution in [0.1, 0.15) is 43.7 Å². The molecule has 4 N–H and O–H groups in total. The van der Waals surface area contributed by atoms with Gasteiger partial charge in [0.2, 0.25) is 0 Å². The number of rotatable bonds is 9. The summed E-state index contributed by atoms with van der Waals surface area (Å²) in [6, 6.07) is 7.94. The Morgan fingerprint density at radius 3 is 2.48 bits per heavy atom. The SMILES string of the molecule is CC(CCN1CC=C(c2ccc(C#CCCCNC(=O)O)cc2)CC1)(C(=O)NO)S(C)(=O)=O. The predicted octanol–water partition coefficient (Wildman–Crippen LogP) is 1.87. The van der Waals surface area contributed by atoms with Crippen LogP contribution in [0.3, 0.4) is 0 Å². The van der Waals surface area contributed by atoms with Crippen LogP contribution in [-0.4, -0.2) is 72.8 Å². The Morgan fingerprint density at radius 1 is 1.24 bits per heavy atom. The first kappa shape index (κ1) is 26.4. The number of benzene rings is 1. The molecule has 0 radical (unpaired) electrons. The molecule has 0 bridgehead atoms. The van der Waals surface area contributed by atoms with E-state index in [2.05, 4.69) is 28.1 Å². The number of hydrogen-bond donors (Lipinski definition) is 4. The fraction of sp³-hybridized carbons (Fsp3) is 0.478. The molecule has 1 aliphatic rings. The molecule has 180 valence electrons. The first-order chi connectivity index (χ1) is 15.6. The molecule has 1 heterocycles. The fourth-order valence-electron chi connectivity index (χ4n) is 3.44. The van der Waals surface area contributed by atoms with E-state index in [0.717, 1.165) is 30.3 Å². The molecule has 10 heteroatoms. The van der Waals surface area contributed by atoms with Crippen molar-refractivity contribution in [3.63, 3.8) is 0 Å². The van der Waals surface area contributed by atoms with Gasteiger partial charge in [0, 0.05) is 44.4 Å². The van der Waals surface area contributed by atoms with Crippen LogP contribution in [0.15, 0.2) is 30.3 Å². The molecular weight excluding hydrogens is 446 g/mol. The maximum Gasteiger partial charge on any atom is 0.404 e. The summed E-state index contributed by atoms with van der Waals surface area (Å²) in [5.41, 5.74) is 4.67. The van der Waals surface area contributed by atoms with E-state index in [-0.39, 0.29) is 6.42 Å². The van der Waals surface area contributed by atoms with Gasteiger partial charge >= 0.3 is 6.09 Å². The lowest BCUT2D eigenvalue weighted by atomic mass is 9.98.